The maximum absolute atomic E-state index is 5.67. The van der Waals surface area contributed by atoms with E-state index in [-0.39, 0.29) is 0 Å². The Labute approximate surface area is 103 Å². The van der Waals surface area contributed by atoms with Crippen molar-refractivity contribution in [3.63, 3.8) is 0 Å². The molecule has 0 saturated carbocycles. The number of halogens is 1. The standard InChI is InChI=1S/C11H13ClN2OS/c1-7-11(16-8(2)14-7)9-6-13-10(15-9)4-3-5-12/h6H,3-5H2,1-2H3. The Morgan fingerprint density at radius 2 is 2.25 bits per heavy atom. The van der Waals surface area contributed by atoms with Crippen LogP contribution in [0, 0.1) is 13.8 Å². The minimum Gasteiger partial charge on any atom is -0.440 e. The summed E-state index contributed by atoms with van der Waals surface area (Å²) < 4.78 is 5.67. The highest BCUT2D eigenvalue weighted by molar-refractivity contribution is 7.15. The van der Waals surface area contributed by atoms with Gasteiger partial charge in [0.1, 0.15) is 0 Å². The molecular weight excluding hydrogens is 244 g/mol. The van der Waals surface area contributed by atoms with E-state index in [0.717, 1.165) is 40.1 Å². The molecule has 0 bridgehead atoms. The van der Waals surface area contributed by atoms with E-state index in [1.54, 1.807) is 17.5 Å². The predicted octanol–water partition coefficient (Wildman–Crippen LogP) is 3.59. The molecule has 0 N–H and O–H groups in total. The fraction of sp³-hybridized carbons (Fsp3) is 0.455. The van der Waals surface area contributed by atoms with E-state index in [1.807, 2.05) is 13.8 Å². The molecule has 0 fully saturated rings. The molecule has 2 heterocycles. The lowest BCUT2D eigenvalue weighted by molar-refractivity contribution is 0.504. The third-order valence-corrected chi connectivity index (χ3v) is 3.56. The predicted molar refractivity (Wildman–Crippen MR) is 66.1 cm³/mol. The van der Waals surface area contributed by atoms with Gasteiger partial charge in [-0.05, 0) is 20.3 Å². The van der Waals surface area contributed by atoms with Crippen LogP contribution in [-0.4, -0.2) is 15.8 Å². The van der Waals surface area contributed by atoms with Crippen molar-refractivity contribution in [1.82, 2.24) is 9.97 Å². The number of alkyl halides is 1. The van der Waals surface area contributed by atoms with E-state index < -0.39 is 0 Å². The van der Waals surface area contributed by atoms with Gasteiger partial charge in [-0.25, -0.2) is 9.97 Å². The number of aromatic nitrogens is 2. The largest absolute Gasteiger partial charge is 0.440 e. The number of oxazole rings is 1. The van der Waals surface area contributed by atoms with Gasteiger partial charge in [-0.3, -0.25) is 0 Å². The average molecular weight is 257 g/mol. The summed E-state index contributed by atoms with van der Waals surface area (Å²) in [5.74, 6) is 2.20. The van der Waals surface area contributed by atoms with Gasteiger partial charge in [0.15, 0.2) is 11.7 Å². The van der Waals surface area contributed by atoms with Crippen molar-refractivity contribution in [3.05, 3.63) is 22.8 Å². The van der Waals surface area contributed by atoms with Crippen LogP contribution in [0.4, 0.5) is 0 Å². The summed E-state index contributed by atoms with van der Waals surface area (Å²) in [5, 5.41) is 1.05. The summed E-state index contributed by atoms with van der Waals surface area (Å²) >= 11 is 7.26. The fourth-order valence-corrected chi connectivity index (χ4v) is 2.51. The van der Waals surface area contributed by atoms with Crippen LogP contribution in [0.25, 0.3) is 10.6 Å². The van der Waals surface area contributed by atoms with Gasteiger partial charge < -0.3 is 4.42 Å². The highest BCUT2D eigenvalue weighted by atomic mass is 35.5. The van der Waals surface area contributed by atoms with Gasteiger partial charge in [0.05, 0.1) is 21.8 Å². The van der Waals surface area contributed by atoms with Crippen LogP contribution in [-0.2, 0) is 6.42 Å². The SMILES string of the molecule is Cc1nc(C)c(-c2cnc(CCCCl)o2)s1. The van der Waals surface area contributed by atoms with Crippen LogP contribution in [0.1, 0.15) is 23.0 Å². The monoisotopic (exact) mass is 256 g/mol. The summed E-state index contributed by atoms with van der Waals surface area (Å²) in [6.07, 6.45) is 3.45. The summed E-state index contributed by atoms with van der Waals surface area (Å²) in [6.45, 7) is 3.98. The summed E-state index contributed by atoms with van der Waals surface area (Å²) in [5.41, 5.74) is 1.00. The maximum Gasteiger partial charge on any atom is 0.194 e. The maximum atomic E-state index is 5.67. The lowest BCUT2D eigenvalue weighted by Crippen LogP contribution is -1.84. The first-order chi connectivity index (χ1) is 7.70. The van der Waals surface area contributed by atoms with E-state index in [2.05, 4.69) is 9.97 Å². The highest BCUT2D eigenvalue weighted by Gasteiger charge is 2.12. The molecule has 0 atom stereocenters. The number of nitrogens with zero attached hydrogens (tertiary/aromatic N) is 2. The number of hydrogen-bond acceptors (Lipinski definition) is 4. The molecule has 2 aromatic rings. The Bertz CT molecular complexity index is 478. The molecule has 0 aliphatic carbocycles. The van der Waals surface area contributed by atoms with E-state index in [4.69, 9.17) is 16.0 Å². The Hall–Kier alpha value is -0.870. The molecule has 2 rings (SSSR count). The number of hydrogen-bond donors (Lipinski definition) is 0. The van der Waals surface area contributed by atoms with E-state index >= 15 is 0 Å². The zero-order valence-electron chi connectivity index (χ0n) is 9.29. The van der Waals surface area contributed by atoms with Crippen LogP contribution < -0.4 is 0 Å². The molecule has 5 heteroatoms. The fourth-order valence-electron chi connectivity index (χ4n) is 1.51. The van der Waals surface area contributed by atoms with Crippen molar-refractivity contribution >= 4 is 22.9 Å². The van der Waals surface area contributed by atoms with Crippen LogP contribution >= 0.6 is 22.9 Å². The van der Waals surface area contributed by atoms with Crippen LogP contribution in [0.5, 0.6) is 0 Å². The number of rotatable bonds is 4. The van der Waals surface area contributed by atoms with Gasteiger partial charge in [-0.1, -0.05) is 0 Å². The summed E-state index contributed by atoms with van der Waals surface area (Å²) in [6, 6.07) is 0. The molecule has 0 amide bonds. The highest BCUT2D eigenvalue weighted by Crippen LogP contribution is 2.30. The third kappa shape index (κ3) is 2.44. The Kier molecular flexibility index (Phi) is 3.61. The Morgan fingerprint density at radius 1 is 1.44 bits per heavy atom. The first-order valence-electron chi connectivity index (χ1n) is 5.16. The smallest absolute Gasteiger partial charge is 0.194 e. The van der Waals surface area contributed by atoms with Crippen molar-refractivity contribution in [2.24, 2.45) is 0 Å². The van der Waals surface area contributed by atoms with Gasteiger partial charge in [0.2, 0.25) is 0 Å². The molecule has 0 unspecified atom stereocenters. The lowest BCUT2D eigenvalue weighted by atomic mass is 10.3. The van der Waals surface area contributed by atoms with Gasteiger partial charge in [0, 0.05) is 12.3 Å². The normalized spacial score (nSPS) is 10.9. The van der Waals surface area contributed by atoms with Crippen LogP contribution in [0.3, 0.4) is 0 Å². The van der Waals surface area contributed by atoms with E-state index in [9.17, 15) is 0 Å². The minimum atomic E-state index is 0.635. The number of thiazole rings is 1. The van der Waals surface area contributed by atoms with Crippen LogP contribution in [0.15, 0.2) is 10.6 Å². The molecule has 0 saturated heterocycles. The molecule has 0 aromatic carbocycles. The first kappa shape index (κ1) is 11.6. The van der Waals surface area contributed by atoms with Crippen molar-refractivity contribution in [3.8, 4) is 10.6 Å². The second kappa shape index (κ2) is 4.97. The summed E-state index contributed by atoms with van der Waals surface area (Å²) in [7, 11) is 0. The molecule has 0 aliphatic rings. The first-order valence-corrected chi connectivity index (χ1v) is 6.51. The zero-order chi connectivity index (χ0) is 11.5. The molecule has 0 aliphatic heterocycles. The van der Waals surface area contributed by atoms with E-state index in [0.29, 0.717) is 5.88 Å². The van der Waals surface area contributed by atoms with Gasteiger partial charge in [0.25, 0.3) is 0 Å². The van der Waals surface area contributed by atoms with Crippen LogP contribution in [0.2, 0.25) is 0 Å². The van der Waals surface area contributed by atoms with Crippen molar-refractivity contribution in [1.29, 1.82) is 0 Å². The van der Waals surface area contributed by atoms with Crippen molar-refractivity contribution < 1.29 is 4.42 Å². The topological polar surface area (TPSA) is 38.9 Å². The van der Waals surface area contributed by atoms with Gasteiger partial charge >= 0.3 is 0 Å². The Balaban J connectivity index is 2.21. The van der Waals surface area contributed by atoms with Crippen molar-refractivity contribution in [2.75, 3.05) is 5.88 Å². The molecule has 0 radical (unpaired) electrons. The van der Waals surface area contributed by atoms with Gasteiger partial charge in [-0.15, -0.1) is 22.9 Å². The molecule has 16 heavy (non-hydrogen) atoms. The quantitative estimate of drug-likeness (QED) is 0.785. The summed E-state index contributed by atoms with van der Waals surface area (Å²) in [4.78, 5) is 9.67. The van der Waals surface area contributed by atoms with Crippen molar-refractivity contribution in [2.45, 2.75) is 26.7 Å². The molecule has 86 valence electrons. The number of aryl methyl sites for hydroxylation is 3. The second-order valence-corrected chi connectivity index (χ2v) is 5.14. The molecule has 3 nitrogen and oxygen atoms in total. The van der Waals surface area contributed by atoms with E-state index in [1.165, 1.54) is 0 Å². The molecule has 0 spiro atoms. The molecule has 2 aromatic heterocycles. The third-order valence-electron chi connectivity index (χ3n) is 2.21. The molecular formula is C11H13ClN2OS. The van der Waals surface area contributed by atoms with Gasteiger partial charge in [-0.2, -0.15) is 0 Å². The second-order valence-electron chi connectivity index (χ2n) is 3.56. The lowest BCUT2D eigenvalue weighted by Gasteiger charge is -1.92. The average Bonchev–Trinajstić information content (AvgIpc) is 2.82. The zero-order valence-corrected chi connectivity index (χ0v) is 10.9. The Morgan fingerprint density at radius 3 is 2.88 bits per heavy atom. The minimum absolute atomic E-state index is 0.635.